The summed E-state index contributed by atoms with van der Waals surface area (Å²) in [5.41, 5.74) is 2.18. The summed E-state index contributed by atoms with van der Waals surface area (Å²) in [6.07, 6.45) is 0. The molecule has 2 amide bonds. The zero-order valence-electron chi connectivity index (χ0n) is 18.9. The number of nitrogens with one attached hydrogen (secondary N) is 2. The summed E-state index contributed by atoms with van der Waals surface area (Å²) in [6, 6.07) is 20.7. The third-order valence-electron chi connectivity index (χ3n) is 5.59. The molecule has 0 atom stereocenters. The molecule has 1 aliphatic heterocycles. The number of hydrogen-bond donors (Lipinski definition) is 3. The molecule has 4 N–H and O–H groups in total. The standard InChI is InChI=1S/C25H34N4O2/c1-25(2,3)27-22(30)19-28-14-16-29(17-15-28)23(31)18-26-24(20-10-6-4-7-11-20)21-12-8-5-9-13-21/h4-13,24,26H,14-19H2,1-3H3,(H,27,30)/p+2. The molecule has 1 saturated heterocycles. The van der Waals surface area contributed by atoms with E-state index in [0.717, 1.165) is 13.1 Å². The van der Waals surface area contributed by atoms with Crippen molar-refractivity contribution in [1.82, 2.24) is 10.2 Å². The lowest BCUT2D eigenvalue weighted by Crippen LogP contribution is -3.16. The van der Waals surface area contributed by atoms with Crippen molar-refractivity contribution in [3.8, 4) is 0 Å². The van der Waals surface area contributed by atoms with Crippen LogP contribution < -0.4 is 15.5 Å². The number of carbonyl (C=O) groups excluding carboxylic acids is 2. The Morgan fingerprint density at radius 1 is 0.968 bits per heavy atom. The largest absolute Gasteiger partial charge is 0.347 e. The van der Waals surface area contributed by atoms with Gasteiger partial charge in [0, 0.05) is 16.7 Å². The highest BCUT2D eigenvalue weighted by molar-refractivity contribution is 5.78. The quantitative estimate of drug-likeness (QED) is 0.585. The van der Waals surface area contributed by atoms with Crippen molar-refractivity contribution in [2.45, 2.75) is 32.4 Å². The fourth-order valence-electron chi connectivity index (χ4n) is 4.07. The van der Waals surface area contributed by atoms with Crippen LogP contribution in [0.25, 0.3) is 0 Å². The lowest BCUT2D eigenvalue weighted by molar-refractivity contribution is -0.896. The van der Waals surface area contributed by atoms with Crippen LogP contribution in [0.5, 0.6) is 0 Å². The summed E-state index contributed by atoms with van der Waals surface area (Å²) in [6.45, 7) is 9.87. The van der Waals surface area contributed by atoms with Crippen LogP contribution in [0, 0.1) is 0 Å². The van der Waals surface area contributed by atoms with Crippen LogP contribution in [-0.4, -0.2) is 61.5 Å². The molecule has 1 fully saturated rings. The SMILES string of the molecule is CC(C)(C)NC(=O)C[NH+]1CCN(C(=O)C[NH2+]C(c2ccccc2)c2ccccc2)CC1. The highest BCUT2D eigenvalue weighted by atomic mass is 16.2. The zero-order chi connectivity index (χ0) is 22.3. The van der Waals surface area contributed by atoms with Crippen molar-refractivity contribution < 1.29 is 19.8 Å². The van der Waals surface area contributed by atoms with Crippen molar-refractivity contribution in [2.75, 3.05) is 39.3 Å². The van der Waals surface area contributed by atoms with E-state index >= 15 is 0 Å². The van der Waals surface area contributed by atoms with Gasteiger partial charge in [0.05, 0.1) is 26.2 Å². The molecule has 0 unspecified atom stereocenters. The van der Waals surface area contributed by atoms with E-state index in [1.807, 2.05) is 62.1 Å². The molecule has 31 heavy (non-hydrogen) atoms. The van der Waals surface area contributed by atoms with Crippen molar-refractivity contribution in [3.05, 3.63) is 71.8 Å². The topological polar surface area (TPSA) is 70.5 Å². The van der Waals surface area contributed by atoms with Gasteiger partial charge < -0.3 is 20.4 Å². The van der Waals surface area contributed by atoms with Gasteiger partial charge in [-0.1, -0.05) is 60.7 Å². The number of hydrogen-bond acceptors (Lipinski definition) is 2. The normalized spacial score (nSPS) is 15.2. The first-order valence-electron chi connectivity index (χ1n) is 11.2. The van der Waals surface area contributed by atoms with Crippen molar-refractivity contribution >= 4 is 11.8 Å². The minimum Gasteiger partial charge on any atom is -0.347 e. The Hall–Kier alpha value is -2.70. The van der Waals surface area contributed by atoms with E-state index < -0.39 is 0 Å². The molecule has 0 bridgehead atoms. The molecule has 1 heterocycles. The number of rotatable bonds is 7. The molecule has 1 aliphatic rings. The lowest BCUT2D eigenvalue weighted by Gasteiger charge is -2.32. The van der Waals surface area contributed by atoms with Gasteiger partial charge in [0.25, 0.3) is 11.8 Å². The van der Waals surface area contributed by atoms with E-state index in [4.69, 9.17) is 0 Å². The van der Waals surface area contributed by atoms with Gasteiger partial charge in [-0.05, 0) is 20.8 Å². The molecular weight excluding hydrogens is 388 g/mol. The van der Waals surface area contributed by atoms with E-state index in [1.165, 1.54) is 16.0 Å². The zero-order valence-corrected chi connectivity index (χ0v) is 18.9. The number of carbonyl (C=O) groups is 2. The number of amides is 2. The summed E-state index contributed by atoms with van der Waals surface area (Å²) in [5, 5.41) is 5.15. The van der Waals surface area contributed by atoms with Crippen molar-refractivity contribution in [3.63, 3.8) is 0 Å². The van der Waals surface area contributed by atoms with Crippen molar-refractivity contribution in [1.29, 1.82) is 0 Å². The predicted molar refractivity (Wildman–Crippen MR) is 122 cm³/mol. The van der Waals surface area contributed by atoms with Crippen LogP contribution in [0.3, 0.4) is 0 Å². The second-order valence-electron chi connectivity index (χ2n) is 9.34. The first-order chi connectivity index (χ1) is 14.8. The Balaban J connectivity index is 1.51. The van der Waals surface area contributed by atoms with E-state index in [1.54, 1.807) is 0 Å². The third-order valence-corrected chi connectivity index (χ3v) is 5.59. The molecule has 2 aromatic carbocycles. The highest BCUT2D eigenvalue weighted by Crippen LogP contribution is 2.17. The smallest absolute Gasteiger partial charge is 0.278 e. The van der Waals surface area contributed by atoms with E-state index in [0.29, 0.717) is 26.2 Å². The molecule has 6 heteroatoms. The number of nitrogens with two attached hydrogens (primary N) is 1. The van der Waals surface area contributed by atoms with Gasteiger partial charge in [-0.3, -0.25) is 9.59 Å². The molecule has 0 aromatic heterocycles. The molecule has 3 rings (SSSR count). The van der Waals surface area contributed by atoms with Gasteiger partial charge >= 0.3 is 0 Å². The maximum absolute atomic E-state index is 12.9. The first kappa shape index (κ1) is 23.0. The van der Waals surface area contributed by atoms with E-state index in [2.05, 4.69) is 34.9 Å². The number of piperazine rings is 1. The number of quaternary nitrogens is 2. The summed E-state index contributed by atoms with van der Waals surface area (Å²) in [7, 11) is 0. The molecule has 0 radical (unpaired) electrons. The second kappa shape index (κ2) is 10.6. The second-order valence-corrected chi connectivity index (χ2v) is 9.34. The predicted octanol–water partition coefficient (Wildman–Crippen LogP) is -0.0188. The molecule has 0 spiro atoms. The van der Waals surface area contributed by atoms with Gasteiger partial charge in [-0.25, -0.2) is 0 Å². The van der Waals surface area contributed by atoms with Crippen molar-refractivity contribution in [2.24, 2.45) is 0 Å². The fourth-order valence-corrected chi connectivity index (χ4v) is 4.07. The third kappa shape index (κ3) is 7.19. The van der Waals surface area contributed by atoms with Crippen LogP contribution in [0.4, 0.5) is 0 Å². The summed E-state index contributed by atoms with van der Waals surface area (Å²) < 4.78 is 0. The molecule has 6 nitrogen and oxygen atoms in total. The van der Waals surface area contributed by atoms with Crippen LogP contribution in [0.2, 0.25) is 0 Å². The van der Waals surface area contributed by atoms with Gasteiger partial charge in [0.2, 0.25) is 0 Å². The molecule has 0 aliphatic carbocycles. The Kier molecular flexibility index (Phi) is 7.82. The molecule has 0 saturated carbocycles. The Morgan fingerprint density at radius 3 is 1.97 bits per heavy atom. The Morgan fingerprint density at radius 2 is 1.48 bits per heavy atom. The van der Waals surface area contributed by atoms with Gasteiger partial charge in [0.1, 0.15) is 6.04 Å². The summed E-state index contributed by atoms with van der Waals surface area (Å²) in [4.78, 5) is 28.2. The van der Waals surface area contributed by atoms with E-state index in [9.17, 15) is 9.59 Å². The highest BCUT2D eigenvalue weighted by Gasteiger charge is 2.28. The Bertz CT molecular complexity index is 801. The maximum Gasteiger partial charge on any atom is 0.278 e. The minimum atomic E-state index is -0.210. The van der Waals surface area contributed by atoms with E-state index in [-0.39, 0.29) is 23.4 Å². The van der Waals surface area contributed by atoms with Crippen LogP contribution in [0.15, 0.2) is 60.7 Å². The lowest BCUT2D eigenvalue weighted by atomic mass is 9.99. The van der Waals surface area contributed by atoms with Gasteiger partial charge in [-0.15, -0.1) is 0 Å². The fraction of sp³-hybridized carbons (Fsp3) is 0.440. The summed E-state index contributed by atoms with van der Waals surface area (Å²) in [5.74, 6) is 0.235. The van der Waals surface area contributed by atoms with Gasteiger partial charge in [0.15, 0.2) is 13.1 Å². The number of benzene rings is 2. The van der Waals surface area contributed by atoms with Crippen LogP contribution >= 0.6 is 0 Å². The monoisotopic (exact) mass is 424 g/mol. The number of nitrogens with zero attached hydrogens (tertiary/aromatic N) is 1. The first-order valence-corrected chi connectivity index (χ1v) is 11.2. The van der Waals surface area contributed by atoms with Crippen LogP contribution in [0.1, 0.15) is 37.9 Å². The molecule has 166 valence electrons. The molecule has 2 aromatic rings. The van der Waals surface area contributed by atoms with Gasteiger partial charge in [-0.2, -0.15) is 0 Å². The van der Waals surface area contributed by atoms with Crippen LogP contribution in [-0.2, 0) is 9.59 Å². The summed E-state index contributed by atoms with van der Waals surface area (Å²) >= 11 is 0. The maximum atomic E-state index is 12.9. The average Bonchev–Trinajstić information content (AvgIpc) is 2.74. The minimum absolute atomic E-state index is 0.0733. The average molecular weight is 425 g/mol. The molecular formula is C25H36N4O2+2. The Labute approximate surface area is 185 Å².